The minimum Gasteiger partial charge on any atom is -0.314 e. The molecule has 2 rings (SSSR count). The van der Waals surface area contributed by atoms with Crippen LogP contribution in [0, 0.1) is 5.41 Å². The SMILES string of the molecule is CC(C)NCC1(Cc2cccc(Cl)c2Cl)CCC1. The zero-order valence-electron chi connectivity index (χ0n) is 11.1. The van der Waals surface area contributed by atoms with Gasteiger partial charge in [0, 0.05) is 12.6 Å². The first-order valence-electron chi connectivity index (χ1n) is 6.69. The molecule has 0 amide bonds. The van der Waals surface area contributed by atoms with Crippen molar-refractivity contribution < 1.29 is 0 Å². The Kier molecular flexibility index (Phi) is 4.58. The molecule has 1 aromatic rings. The molecule has 1 saturated carbocycles. The average molecular weight is 286 g/mol. The van der Waals surface area contributed by atoms with Crippen molar-refractivity contribution in [3.63, 3.8) is 0 Å². The lowest BCUT2D eigenvalue weighted by Gasteiger charge is -2.43. The smallest absolute Gasteiger partial charge is 0.0624 e. The highest BCUT2D eigenvalue weighted by molar-refractivity contribution is 6.42. The highest BCUT2D eigenvalue weighted by Gasteiger charge is 2.37. The van der Waals surface area contributed by atoms with Crippen molar-refractivity contribution in [2.45, 2.75) is 45.6 Å². The van der Waals surface area contributed by atoms with E-state index in [-0.39, 0.29) is 0 Å². The van der Waals surface area contributed by atoms with Gasteiger partial charge in [0.05, 0.1) is 10.0 Å². The van der Waals surface area contributed by atoms with E-state index in [9.17, 15) is 0 Å². The number of hydrogen-bond acceptors (Lipinski definition) is 1. The molecule has 0 aromatic heterocycles. The Bertz CT molecular complexity index is 411. The van der Waals surface area contributed by atoms with Crippen LogP contribution in [0.3, 0.4) is 0 Å². The van der Waals surface area contributed by atoms with Crippen molar-refractivity contribution in [2.24, 2.45) is 5.41 Å². The first kappa shape index (κ1) is 14.2. The van der Waals surface area contributed by atoms with E-state index in [4.69, 9.17) is 23.2 Å². The predicted octanol–water partition coefficient (Wildman–Crippen LogP) is 4.70. The standard InChI is InChI=1S/C15H21Cl2N/c1-11(2)18-10-15(7-4-8-15)9-12-5-3-6-13(16)14(12)17/h3,5-6,11,18H,4,7-10H2,1-2H3. The van der Waals surface area contributed by atoms with Gasteiger partial charge in [-0.2, -0.15) is 0 Å². The summed E-state index contributed by atoms with van der Waals surface area (Å²) in [5.74, 6) is 0. The highest BCUT2D eigenvalue weighted by atomic mass is 35.5. The molecule has 3 heteroatoms. The third-order valence-corrected chi connectivity index (χ3v) is 4.75. The van der Waals surface area contributed by atoms with Crippen LogP contribution >= 0.6 is 23.2 Å². The third kappa shape index (κ3) is 3.20. The molecule has 1 aliphatic carbocycles. The fourth-order valence-corrected chi connectivity index (χ4v) is 2.99. The average Bonchev–Trinajstić information content (AvgIpc) is 2.27. The summed E-state index contributed by atoms with van der Waals surface area (Å²) in [5, 5.41) is 4.97. The Balaban J connectivity index is 2.08. The molecular weight excluding hydrogens is 265 g/mol. The van der Waals surface area contributed by atoms with E-state index < -0.39 is 0 Å². The Hall–Kier alpha value is -0.240. The molecule has 100 valence electrons. The van der Waals surface area contributed by atoms with E-state index in [1.807, 2.05) is 12.1 Å². The number of nitrogens with one attached hydrogen (secondary N) is 1. The second-order valence-corrected chi connectivity index (χ2v) is 6.56. The van der Waals surface area contributed by atoms with Crippen LogP contribution in [-0.4, -0.2) is 12.6 Å². The topological polar surface area (TPSA) is 12.0 Å². The van der Waals surface area contributed by atoms with E-state index in [2.05, 4.69) is 25.2 Å². The summed E-state index contributed by atoms with van der Waals surface area (Å²) in [4.78, 5) is 0. The molecule has 1 aromatic carbocycles. The number of benzene rings is 1. The summed E-state index contributed by atoms with van der Waals surface area (Å²) in [6.45, 7) is 5.46. The maximum Gasteiger partial charge on any atom is 0.0624 e. The number of rotatable bonds is 5. The minimum atomic E-state index is 0.387. The summed E-state index contributed by atoms with van der Waals surface area (Å²) in [6, 6.07) is 6.49. The molecule has 0 saturated heterocycles. The molecule has 1 N–H and O–H groups in total. The summed E-state index contributed by atoms with van der Waals surface area (Å²) >= 11 is 12.4. The first-order chi connectivity index (χ1) is 8.52. The Morgan fingerprint density at radius 1 is 1.28 bits per heavy atom. The summed E-state index contributed by atoms with van der Waals surface area (Å²) in [7, 11) is 0. The van der Waals surface area contributed by atoms with Gasteiger partial charge in [0.15, 0.2) is 0 Å². The lowest BCUT2D eigenvalue weighted by Crippen LogP contribution is -2.43. The van der Waals surface area contributed by atoms with Gasteiger partial charge in [0.2, 0.25) is 0 Å². The van der Waals surface area contributed by atoms with Gasteiger partial charge in [-0.15, -0.1) is 0 Å². The van der Waals surface area contributed by atoms with Gasteiger partial charge in [-0.25, -0.2) is 0 Å². The lowest BCUT2D eigenvalue weighted by atomic mass is 9.65. The molecule has 1 fully saturated rings. The minimum absolute atomic E-state index is 0.387. The molecule has 1 aliphatic rings. The molecule has 0 unspecified atom stereocenters. The van der Waals surface area contributed by atoms with Crippen LogP contribution in [0.15, 0.2) is 18.2 Å². The van der Waals surface area contributed by atoms with Crippen molar-refractivity contribution in [1.82, 2.24) is 5.32 Å². The number of halogens is 2. The summed E-state index contributed by atoms with van der Waals surface area (Å²) < 4.78 is 0. The third-order valence-electron chi connectivity index (χ3n) is 3.90. The van der Waals surface area contributed by atoms with Crippen molar-refractivity contribution in [3.05, 3.63) is 33.8 Å². The number of hydrogen-bond donors (Lipinski definition) is 1. The van der Waals surface area contributed by atoms with Gasteiger partial charge in [-0.05, 0) is 36.3 Å². The monoisotopic (exact) mass is 285 g/mol. The van der Waals surface area contributed by atoms with E-state index in [1.165, 1.54) is 24.8 Å². The van der Waals surface area contributed by atoms with Gasteiger partial charge in [-0.3, -0.25) is 0 Å². The van der Waals surface area contributed by atoms with Crippen LogP contribution in [0.4, 0.5) is 0 Å². The Labute approximate surface area is 120 Å². The van der Waals surface area contributed by atoms with E-state index in [0.717, 1.165) is 18.0 Å². The summed E-state index contributed by atoms with van der Waals surface area (Å²) in [5.41, 5.74) is 1.58. The van der Waals surface area contributed by atoms with Crippen LogP contribution in [0.2, 0.25) is 10.0 Å². The second kappa shape index (κ2) is 5.81. The van der Waals surface area contributed by atoms with Crippen LogP contribution in [-0.2, 0) is 6.42 Å². The van der Waals surface area contributed by atoms with Crippen LogP contribution < -0.4 is 5.32 Å². The van der Waals surface area contributed by atoms with Gasteiger partial charge in [-0.1, -0.05) is 55.6 Å². The van der Waals surface area contributed by atoms with Crippen LogP contribution in [0.25, 0.3) is 0 Å². The Morgan fingerprint density at radius 3 is 2.56 bits per heavy atom. The van der Waals surface area contributed by atoms with E-state index >= 15 is 0 Å². The Morgan fingerprint density at radius 2 is 2.00 bits per heavy atom. The predicted molar refractivity (Wildman–Crippen MR) is 79.6 cm³/mol. The normalized spacial score (nSPS) is 17.8. The van der Waals surface area contributed by atoms with Gasteiger partial charge in [0.1, 0.15) is 0 Å². The molecule has 0 atom stereocenters. The fraction of sp³-hybridized carbons (Fsp3) is 0.600. The molecule has 0 aliphatic heterocycles. The zero-order valence-corrected chi connectivity index (χ0v) is 12.6. The van der Waals surface area contributed by atoms with Gasteiger partial charge in [0.25, 0.3) is 0 Å². The van der Waals surface area contributed by atoms with Crippen LogP contribution in [0.1, 0.15) is 38.7 Å². The quantitative estimate of drug-likeness (QED) is 0.827. The molecule has 0 spiro atoms. The maximum atomic E-state index is 6.29. The van der Waals surface area contributed by atoms with Gasteiger partial charge >= 0.3 is 0 Å². The first-order valence-corrected chi connectivity index (χ1v) is 7.44. The largest absolute Gasteiger partial charge is 0.314 e. The van der Waals surface area contributed by atoms with Crippen molar-refractivity contribution >= 4 is 23.2 Å². The molecule has 18 heavy (non-hydrogen) atoms. The molecule has 0 radical (unpaired) electrons. The van der Waals surface area contributed by atoms with E-state index in [0.29, 0.717) is 16.5 Å². The molecule has 1 nitrogen and oxygen atoms in total. The van der Waals surface area contributed by atoms with E-state index in [1.54, 1.807) is 0 Å². The fourth-order valence-electron chi connectivity index (χ4n) is 2.60. The lowest BCUT2D eigenvalue weighted by molar-refractivity contribution is 0.127. The molecule has 0 heterocycles. The highest BCUT2D eigenvalue weighted by Crippen LogP contribution is 2.44. The maximum absolute atomic E-state index is 6.29. The summed E-state index contributed by atoms with van der Waals surface area (Å²) in [6.07, 6.45) is 4.94. The molecular formula is C15H21Cl2N. The van der Waals surface area contributed by atoms with Crippen LogP contribution in [0.5, 0.6) is 0 Å². The zero-order chi connectivity index (χ0) is 13.2. The van der Waals surface area contributed by atoms with Gasteiger partial charge < -0.3 is 5.32 Å². The van der Waals surface area contributed by atoms with Crippen molar-refractivity contribution in [3.8, 4) is 0 Å². The van der Waals surface area contributed by atoms with Crippen molar-refractivity contribution in [2.75, 3.05) is 6.54 Å². The van der Waals surface area contributed by atoms with Crippen molar-refractivity contribution in [1.29, 1.82) is 0 Å². The molecule has 0 bridgehead atoms. The second-order valence-electron chi connectivity index (χ2n) is 5.78.